The van der Waals surface area contributed by atoms with E-state index in [-0.39, 0.29) is 17.9 Å². The number of anilines is 2. The lowest BCUT2D eigenvalue weighted by atomic mass is 9.94. The number of carbonyl (C=O) groups is 1. The summed E-state index contributed by atoms with van der Waals surface area (Å²) in [6.07, 6.45) is 5.46. The van der Waals surface area contributed by atoms with Crippen molar-refractivity contribution in [3.8, 4) is 0 Å². The Labute approximate surface area is 122 Å². The number of halogens is 2. The third kappa shape index (κ3) is 2.54. The molecule has 0 saturated heterocycles. The van der Waals surface area contributed by atoms with Crippen LogP contribution in [0.15, 0.2) is 12.1 Å². The molecule has 5 heteroatoms. The first kappa shape index (κ1) is 13.1. The highest BCUT2D eigenvalue weighted by atomic mass is 35.5. The summed E-state index contributed by atoms with van der Waals surface area (Å²) >= 11 is 12.1. The molecule has 1 aliphatic heterocycles. The lowest BCUT2D eigenvalue weighted by Gasteiger charge is -2.22. The van der Waals surface area contributed by atoms with Gasteiger partial charge in [0.1, 0.15) is 0 Å². The average Bonchev–Trinajstić information content (AvgIpc) is 2.65. The Kier molecular flexibility index (Phi) is 3.59. The Balaban J connectivity index is 1.98. The maximum absolute atomic E-state index is 12.3. The smallest absolute Gasteiger partial charge is 0.229 e. The van der Waals surface area contributed by atoms with Gasteiger partial charge in [0, 0.05) is 6.04 Å². The molecule has 1 aromatic carbocycles. The lowest BCUT2D eigenvalue weighted by Crippen LogP contribution is -2.34. The quantitative estimate of drug-likeness (QED) is 0.749. The number of fused-ring (bicyclic) bond motifs is 2. The second-order valence-corrected chi connectivity index (χ2v) is 6.11. The summed E-state index contributed by atoms with van der Waals surface area (Å²) < 4.78 is 0. The van der Waals surface area contributed by atoms with Crippen LogP contribution < -0.4 is 10.6 Å². The molecule has 0 spiro atoms. The number of hydrogen-bond acceptors (Lipinski definition) is 2. The molecule has 2 N–H and O–H groups in total. The maximum atomic E-state index is 12.3. The highest BCUT2D eigenvalue weighted by molar-refractivity contribution is 6.42. The Hall–Kier alpha value is -0.930. The Morgan fingerprint density at radius 2 is 1.68 bits per heavy atom. The monoisotopic (exact) mass is 298 g/mol. The van der Waals surface area contributed by atoms with Crippen LogP contribution in [0.1, 0.15) is 32.1 Å². The molecule has 1 fully saturated rings. The number of rotatable bonds is 0. The molecule has 1 aliphatic carbocycles. The first-order valence-electron chi connectivity index (χ1n) is 6.71. The summed E-state index contributed by atoms with van der Waals surface area (Å²) in [5.41, 5.74) is 1.60. The van der Waals surface area contributed by atoms with Gasteiger partial charge in [-0.1, -0.05) is 42.5 Å². The Bertz CT molecular complexity index is 518. The molecule has 0 bridgehead atoms. The molecule has 1 heterocycles. The van der Waals surface area contributed by atoms with Gasteiger partial charge in [-0.15, -0.1) is 0 Å². The van der Waals surface area contributed by atoms with Crippen molar-refractivity contribution in [3.63, 3.8) is 0 Å². The zero-order chi connectivity index (χ0) is 13.4. The van der Waals surface area contributed by atoms with Crippen molar-refractivity contribution in [2.75, 3.05) is 10.6 Å². The summed E-state index contributed by atoms with van der Waals surface area (Å²) in [5, 5.41) is 7.42. The van der Waals surface area contributed by atoms with Crippen LogP contribution in [0.25, 0.3) is 0 Å². The van der Waals surface area contributed by atoms with Crippen molar-refractivity contribution in [1.29, 1.82) is 0 Å². The van der Waals surface area contributed by atoms with Crippen LogP contribution in [0.3, 0.4) is 0 Å². The zero-order valence-electron chi connectivity index (χ0n) is 10.5. The predicted molar refractivity (Wildman–Crippen MR) is 79.1 cm³/mol. The molecule has 0 radical (unpaired) electrons. The van der Waals surface area contributed by atoms with Crippen molar-refractivity contribution in [1.82, 2.24) is 0 Å². The predicted octanol–water partition coefficient (Wildman–Crippen LogP) is 4.31. The van der Waals surface area contributed by atoms with Crippen LogP contribution in [-0.4, -0.2) is 11.9 Å². The molecule has 0 aromatic heterocycles. The summed E-state index contributed by atoms with van der Waals surface area (Å²) in [7, 11) is 0. The van der Waals surface area contributed by atoms with Gasteiger partial charge in [-0.05, 0) is 25.0 Å². The van der Waals surface area contributed by atoms with Crippen LogP contribution in [0.4, 0.5) is 11.4 Å². The largest absolute Gasteiger partial charge is 0.380 e. The Morgan fingerprint density at radius 1 is 1.00 bits per heavy atom. The van der Waals surface area contributed by atoms with E-state index in [0.717, 1.165) is 37.1 Å². The molecule has 2 aliphatic rings. The zero-order valence-corrected chi connectivity index (χ0v) is 12.0. The fourth-order valence-corrected chi connectivity index (χ4v) is 3.32. The van der Waals surface area contributed by atoms with E-state index in [4.69, 9.17) is 23.2 Å². The average molecular weight is 299 g/mol. The van der Waals surface area contributed by atoms with Gasteiger partial charge in [0.15, 0.2) is 0 Å². The van der Waals surface area contributed by atoms with E-state index < -0.39 is 0 Å². The van der Waals surface area contributed by atoms with E-state index >= 15 is 0 Å². The molecule has 102 valence electrons. The van der Waals surface area contributed by atoms with Crippen molar-refractivity contribution in [3.05, 3.63) is 22.2 Å². The van der Waals surface area contributed by atoms with Crippen LogP contribution in [0, 0.1) is 5.92 Å². The highest BCUT2D eigenvalue weighted by Crippen LogP contribution is 2.38. The summed E-state index contributed by atoms with van der Waals surface area (Å²) in [6.45, 7) is 0. The van der Waals surface area contributed by atoms with Gasteiger partial charge in [0.2, 0.25) is 5.91 Å². The molecule has 3 rings (SSSR count). The summed E-state index contributed by atoms with van der Waals surface area (Å²) in [6, 6.07) is 3.71. The summed E-state index contributed by atoms with van der Waals surface area (Å²) in [5.74, 6) is 0.129. The van der Waals surface area contributed by atoms with Gasteiger partial charge in [0.05, 0.1) is 27.3 Å². The lowest BCUT2D eigenvalue weighted by molar-refractivity contribution is -0.120. The molecule has 1 saturated carbocycles. The van der Waals surface area contributed by atoms with Gasteiger partial charge in [-0.2, -0.15) is 0 Å². The van der Waals surface area contributed by atoms with Gasteiger partial charge in [-0.25, -0.2) is 0 Å². The minimum atomic E-state index is 0.0347. The van der Waals surface area contributed by atoms with Gasteiger partial charge >= 0.3 is 0 Å². The fraction of sp³-hybridized carbons (Fsp3) is 0.500. The topological polar surface area (TPSA) is 41.1 Å². The van der Waals surface area contributed by atoms with E-state index in [1.807, 2.05) is 0 Å². The maximum Gasteiger partial charge on any atom is 0.229 e. The third-order valence-corrected chi connectivity index (χ3v) is 4.73. The first-order valence-corrected chi connectivity index (χ1v) is 7.47. The minimum absolute atomic E-state index is 0.0347. The fourth-order valence-electron chi connectivity index (χ4n) is 2.99. The highest BCUT2D eigenvalue weighted by Gasteiger charge is 2.33. The third-order valence-electron chi connectivity index (χ3n) is 4.01. The van der Waals surface area contributed by atoms with Gasteiger partial charge in [0.25, 0.3) is 0 Å². The van der Waals surface area contributed by atoms with Crippen molar-refractivity contribution in [2.24, 2.45) is 5.92 Å². The molecule has 19 heavy (non-hydrogen) atoms. The first-order chi connectivity index (χ1) is 9.15. The number of hydrogen-bond donors (Lipinski definition) is 2. The molecular formula is C14H16Cl2N2O. The number of carbonyl (C=O) groups excluding carboxylic acids is 1. The van der Waals surface area contributed by atoms with Crippen molar-refractivity contribution < 1.29 is 4.79 Å². The van der Waals surface area contributed by atoms with E-state index in [1.54, 1.807) is 12.1 Å². The van der Waals surface area contributed by atoms with E-state index in [9.17, 15) is 4.79 Å². The number of benzene rings is 1. The van der Waals surface area contributed by atoms with Gasteiger partial charge in [-0.3, -0.25) is 4.79 Å². The van der Waals surface area contributed by atoms with E-state index in [0.29, 0.717) is 10.0 Å². The molecule has 2 atom stereocenters. The molecule has 1 amide bonds. The Morgan fingerprint density at radius 3 is 2.47 bits per heavy atom. The summed E-state index contributed by atoms with van der Waals surface area (Å²) in [4.78, 5) is 12.3. The normalized spacial score (nSPS) is 26.3. The molecular weight excluding hydrogens is 283 g/mol. The van der Waals surface area contributed by atoms with Crippen molar-refractivity contribution in [2.45, 2.75) is 38.1 Å². The second-order valence-electron chi connectivity index (χ2n) is 5.30. The van der Waals surface area contributed by atoms with Crippen LogP contribution >= 0.6 is 23.2 Å². The van der Waals surface area contributed by atoms with E-state index in [2.05, 4.69) is 10.6 Å². The SMILES string of the molecule is O=C1Nc2cc(Cl)c(Cl)cc2NC2CCCCCC12. The van der Waals surface area contributed by atoms with Crippen LogP contribution in [0.2, 0.25) is 10.0 Å². The van der Waals surface area contributed by atoms with Crippen LogP contribution in [0.5, 0.6) is 0 Å². The minimum Gasteiger partial charge on any atom is -0.380 e. The van der Waals surface area contributed by atoms with Gasteiger partial charge < -0.3 is 10.6 Å². The van der Waals surface area contributed by atoms with Crippen LogP contribution in [-0.2, 0) is 4.79 Å². The number of amides is 1. The second kappa shape index (κ2) is 5.22. The molecule has 2 unspecified atom stereocenters. The van der Waals surface area contributed by atoms with E-state index in [1.165, 1.54) is 6.42 Å². The standard InChI is InChI=1S/C14H16Cl2N2O/c15-9-6-12-13(7-10(9)16)18-14(19)8-4-2-1-3-5-11(8)17-12/h6-8,11,17H,1-5H2,(H,18,19). The molecule has 1 aromatic rings. The molecule has 3 nitrogen and oxygen atoms in total. The number of nitrogens with one attached hydrogen (secondary N) is 2. The van der Waals surface area contributed by atoms with Crippen molar-refractivity contribution >= 4 is 40.5 Å².